The van der Waals surface area contributed by atoms with E-state index in [9.17, 15) is 9.59 Å². The van der Waals surface area contributed by atoms with Crippen LogP contribution < -0.4 is 15.1 Å². The molecule has 1 atom stereocenters. The number of thioether (sulfide) groups is 1. The third kappa shape index (κ3) is 3.35. The van der Waals surface area contributed by atoms with E-state index in [2.05, 4.69) is 15.2 Å². The Kier molecular flexibility index (Phi) is 5.30. The molecular formula is C23H20ClN6O2S+. The number of nitrogens with zero attached hydrogens (tertiary/aromatic N) is 5. The summed E-state index contributed by atoms with van der Waals surface area (Å²) in [6.45, 7) is 3.32. The normalized spacial score (nSPS) is 14.7. The maximum Gasteiger partial charge on any atom is 0.325 e. The molecule has 0 saturated heterocycles. The van der Waals surface area contributed by atoms with E-state index in [-0.39, 0.29) is 11.5 Å². The first kappa shape index (κ1) is 21.4. The number of nitrogens with one attached hydrogen (secondary N) is 1. The van der Waals surface area contributed by atoms with Gasteiger partial charge in [0, 0.05) is 12.0 Å². The molecule has 33 heavy (non-hydrogen) atoms. The number of aryl methyl sites for hydroxylation is 1. The van der Waals surface area contributed by atoms with Gasteiger partial charge >= 0.3 is 11.3 Å². The molecule has 2 aromatic heterocycles. The van der Waals surface area contributed by atoms with Gasteiger partial charge in [0.1, 0.15) is 10.7 Å². The van der Waals surface area contributed by atoms with Gasteiger partial charge in [-0.2, -0.15) is 5.10 Å². The molecule has 1 aliphatic heterocycles. The van der Waals surface area contributed by atoms with E-state index >= 15 is 0 Å². The molecule has 1 amide bonds. The third-order valence-electron chi connectivity index (χ3n) is 5.60. The number of anilines is 1. The fraction of sp³-hybridized carbons (Fsp3) is 0.174. The lowest BCUT2D eigenvalue weighted by molar-refractivity contribution is -0.763. The molecule has 0 aliphatic carbocycles. The van der Waals surface area contributed by atoms with E-state index in [1.54, 1.807) is 14.3 Å². The number of aromatic amines is 1. The van der Waals surface area contributed by atoms with Crippen molar-refractivity contribution in [1.82, 2.24) is 19.9 Å². The molecule has 3 heterocycles. The van der Waals surface area contributed by atoms with Crippen molar-refractivity contribution >= 4 is 35.0 Å². The van der Waals surface area contributed by atoms with Gasteiger partial charge in [0.05, 0.1) is 22.6 Å². The van der Waals surface area contributed by atoms with Crippen LogP contribution in [0.3, 0.4) is 0 Å². The van der Waals surface area contributed by atoms with Gasteiger partial charge in [0.2, 0.25) is 11.1 Å². The smallest absolute Gasteiger partial charge is 0.291 e. The van der Waals surface area contributed by atoms with E-state index in [4.69, 9.17) is 11.6 Å². The zero-order valence-corrected chi connectivity index (χ0v) is 19.7. The maximum absolute atomic E-state index is 13.2. The molecule has 1 aliphatic rings. The minimum absolute atomic E-state index is 0.207. The summed E-state index contributed by atoms with van der Waals surface area (Å²) in [5.74, 6) is -0.207. The number of aromatic nitrogens is 5. The number of hydrogen-bond acceptors (Lipinski definition) is 5. The van der Waals surface area contributed by atoms with Crippen LogP contribution in [0.15, 0.2) is 64.5 Å². The SMILES string of the molecule is CSc1n[n+]2c(c(=O)[nH]1)-c1ccccc1N(C(C)=O)[C@@H]2c1c(C)nn(-c2ccccc2)c1Cl. The van der Waals surface area contributed by atoms with Crippen LogP contribution in [-0.2, 0) is 4.79 Å². The van der Waals surface area contributed by atoms with Gasteiger partial charge in [-0.05, 0) is 42.1 Å². The summed E-state index contributed by atoms with van der Waals surface area (Å²) in [5.41, 5.74) is 3.31. The van der Waals surface area contributed by atoms with Crippen LogP contribution in [0.25, 0.3) is 16.9 Å². The lowest BCUT2D eigenvalue weighted by Crippen LogP contribution is -2.60. The standard InChI is InChI=1S/C23H19ClN6O2S/c1-13-18(20(24)29(26-13)15-9-5-4-6-10-15)22-28(14(2)31)17-12-8-7-11-16(17)19-21(32)25-23(33-3)27-30(19)22/h4-12,22H,1-3H3/p+1/t22-/m0/s1. The number of H-pyrrole nitrogens is 1. The van der Waals surface area contributed by atoms with Crippen molar-refractivity contribution in [2.75, 3.05) is 11.2 Å². The quantitative estimate of drug-likeness (QED) is 0.359. The molecule has 0 radical (unpaired) electrons. The zero-order chi connectivity index (χ0) is 23.3. The van der Waals surface area contributed by atoms with Gasteiger partial charge in [-0.15, -0.1) is 0 Å². The Hall–Kier alpha value is -3.43. The number of fused-ring (bicyclic) bond motifs is 3. The Morgan fingerprint density at radius 3 is 2.55 bits per heavy atom. The van der Waals surface area contributed by atoms with Crippen LogP contribution in [0.2, 0.25) is 5.15 Å². The number of hydrogen-bond donors (Lipinski definition) is 1. The molecule has 0 fully saturated rings. The summed E-state index contributed by atoms with van der Waals surface area (Å²) in [7, 11) is 0. The minimum atomic E-state index is -0.787. The summed E-state index contributed by atoms with van der Waals surface area (Å²) in [5, 5.41) is 10.1. The summed E-state index contributed by atoms with van der Waals surface area (Å²) in [6, 6.07) is 16.8. The Morgan fingerprint density at radius 2 is 1.85 bits per heavy atom. The molecule has 5 rings (SSSR count). The van der Waals surface area contributed by atoms with Gasteiger partial charge in [-0.25, -0.2) is 9.58 Å². The van der Waals surface area contributed by atoms with Gasteiger partial charge in [0.15, 0.2) is 0 Å². The van der Waals surface area contributed by atoms with Gasteiger partial charge in [-0.3, -0.25) is 14.6 Å². The summed E-state index contributed by atoms with van der Waals surface area (Å²) in [4.78, 5) is 30.6. The Balaban J connectivity index is 1.85. The van der Waals surface area contributed by atoms with Crippen molar-refractivity contribution in [1.29, 1.82) is 0 Å². The molecule has 10 heteroatoms. The van der Waals surface area contributed by atoms with Crippen molar-refractivity contribution in [3.63, 3.8) is 0 Å². The number of rotatable bonds is 3. The summed E-state index contributed by atoms with van der Waals surface area (Å²) >= 11 is 8.21. The molecule has 8 nitrogen and oxygen atoms in total. The van der Waals surface area contributed by atoms with E-state index < -0.39 is 6.17 Å². The predicted molar refractivity (Wildman–Crippen MR) is 127 cm³/mol. The maximum atomic E-state index is 13.2. The molecule has 0 saturated carbocycles. The van der Waals surface area contributed by atoms with Gasteiger partial charge in [-0.1, -0.05) is 53.7 Å². The Bertz CT molecular complexity index is 1450. The number of carbonyl (C=O) groups is 1. The Labute approximate surface area is 198 Å². The molecule has 0 bridgehead atoms. The molecule has 4 aromatic rings. The van der Waals surface area contributed by atoms with Crippen LogP contribution in [0.5, 0.6) is 0 Å². The van der Waals surface area contributed by atoms with Gasteiger partial charge in [0.25, 0.3) is 6.17 Å². The first-order valence-corrected chi connectivity index (χ1v) is 11.8. The van der Waals surface area contributed by atoms with Crippen molar-refractivity contribution < 1.29 is 9.48 Å². The fourth-order valence-electron chi connectivity index (χ4n) is 4.21. The van der Waals surface area contributed by atoms with Crippen molar-refractivity contribution in [3.8, 4) is 16.9 Å². The van der Waals surface area contributed by atoms with Crippen LogP contribution in [0, 0.1) is 6.92 Å². The van der Waals surface area contributed by atoms with Crippen LogP contribution in [-0.4, -0.2) is 32.0 Å². The number of amides is 1. The number of halogens is 1. The van der Waals surface area contributed by atoms with Crippen LogP contribution in [0.4, 0.5) is 5.69 Å². The lowest BCUT2D eigenvalue weighted by Gasteiger charge is -2.31. The van der Waals surface area contributed by atoms with Crippen LogP contribution in [0.1, 0.15) is 24.3 Å². The molecule has 2 aromatic carbocycles. The second kappa shape index (κ2) is 8.17. The molecule has 0 unspecified atom stereocenters. The third-order valence-corrected chi connectivity index (χ3v) is 6.53. The zero-order valence-electron chi connectivity index (χ0n) is 18.1. The lowest BCUT2D eigenvalue weighted by atomic mass is 10.0. The number of benzene rings is 2. The van der Waals surface area contributed by atoms with E-state index in [0.29, 0.717) is 38.5 Å². The molecule has 166 valence electrons. The highest BCUT2D eigenvalue weighted by Gasteiger charge is 2.47. The first-order valence-electron chi connectivity index (χ1n) is 10.2. The second-order valence-corrected chi connectivity index (χ2v) is 8.73. The minimum Gasteiger partial charge on any atom is -0.291 e. The van der Waals surface area contributed by atoms with Crippen molar-refractivity contribution in [3.05, 3.63) is 81.4 Å². The van der Waals surface area contributed by atoms with E-state index in [1.165, 1.54) is 18.7 Å². The molecular weight excluding hydrogens is 460 g/mol. The highest BCUT2D eigenvalue weighted by atomic mass is 35.5. The predicted octanol–water partition coefficient (Wildman–Crippen LogP) is 3.51. The van der Waals surface area contributed by atoms with Crippen molar-refractivity contribution in [2.45, 2.75) is 25.2 Å². The topological polar surface area (TPSA) is 87.8 Å². The fourth-order valence-corrected chi connectivity index (χ4v) is 4.94. The number of carbonyl (C=O) groups excluding carboxylic acids is 1. The highest BCUT2D eigenvalue weighted by molar-refractivity contribution is 7.98. The summed E-state index contributed by atoms with van der Waals surface area (Å²) < 4.78 is 3.22. The van der Waals surface area contributed by atoms with Gasteiger partial charge < -0.3 is 0 Å². The first-order chi connectivity index (χ1) is 15.9. The van der Waals surface area contributed by atoms with E-state index in [0.717, 1.165) is 5.69 Å². The second-order valence-electron chi connectivity index (χ2n) is 7.57. The highest BCUT2D eigenvalue weighted by Crippen LogP contribution is 2.40. The van der Waals surface area contributed by atoms with E-state index in [1.807, 2.05) is 67.8 Å². The monoisotopic (exact) mass is 479 g/mol. The largest absolute Gasteiger partial charge is 0.325 e. The average molecular weight is 480 g/mol. The molecule has 1 N–H and O–H groups in total. The summed E-state index contributed by atoms with van der Waals surface area (Å²) in [6.07, 6.45) is 1.04. The molecule has 0 spiro atoms. The van der Waals surface area contributed by atoms with Crippen LogP contribution >= 0.6 is 23.4 Å². The number of para-hydroxylation sites is 2. The average Bonchev–Trinajstić information content (AvgIpc) is 3.11. The Morgan fingerprint density at radius 1 is 1.15 bits per heavy atom. The van der Waals surface area contributed by atoms with Crippen molar-refractivity contribution in [2.24, 2.45) is 0 Å².